The van der Waals surface area contributed by atoms with Crippen LogP contribution in [0.2, 0.25) is 0 Å². The van der Waals surface area contributed by atoms with Crippen molar-refractivity contribution in [2.45, 2.75) is 110 Å². The average molecular weight is 370 g/mol. The molecule has 1 heterocycles. The van der Waals surface area contributed by atoms with Crippen LogP contribution in [0.4, 0.5) is 0 Å². The highest BCUT2D eigenvalue weighted by Gasteiger charge is 2.30. The predicted octanol–water partition coefficient (Wildman–Crippen LogP) is 7.77. The van der Waals surface area contributed by atoms with Crippen molar-refractivity contribution in [2.75, 3.05) is 0 Å². The van der Waals surface area contributed by atoms with E-state index in [2.05, 4.69) is 32.2 Å². The Hall–Kier alpha value is -0.850. The van der Waals surface area contributed by atoms with Gasteiger partial charge in [0.05, 0.1) is 0 Å². The standard InChI is InChI=1S/C26H43N/c1-3-5-7-21-8-14-24(15-9-21)25-16-10-22(11-17-25)12-18-26-19-13-23(6-4-2)20-27-26/h13,19-22,24-25H,3-12,14-18H2,1-2H3. The van der Waals surface area contributed by atoms with Gasteiger partial charge in [0.15, 0.2) is 0 Å². The number of hydrogen-bond acceptors (Lipinski definition) is 1. The molecule has 0 spiro atoms. The van der Waals surface area contributed by atoms with E-state index in [-0.39, 0.29) is 0 Å². The third-order valence-corrected chi connectivity index (χ3v) is 7.65. The molecule has 0 bridgehead atoms. The minimum absolute atomic E-state index is 0.958. The first-order valence-electron chi connectivity index (χ1n) is 12.2. The highest BCUT2D eigenvalue weighted by Crippen LogP contribution is 2.43. The highest BCUT2D eigenvalue weighted by atomic mass is 14.7. The monoisotopic (exact) mass is 369 g/mol. The molecule has 3 rings (SSSR count). The summed E-state index contributed by atoms with van der Waals surface area (Å²) < 4.78 is 0. The topological polar surface area (TPSA) is 12.9 Å². The minimum Gasteiger partial charge on any atom is -0.261 e. The quantitative estimate of drug-likeness (QED) is 0.433. The summed E-state index contributed by atoms with van der Waals surface area (Å²) in [7, 11) is 0. The minimum atomic E-state index is 0.958. The van der Waals surface area contributed by atoms with Crippen LogP contribution in [0.1, 0.15) is 109 Å². The zero-order valence-corrected chi connectivity index (χ0v) is 18.1. The maximum Gasteiger partial charge on any atom is 0.0403 e. The van der Waals surface area contributed by atoms with Gasteiger partial charge < -0.3 is 0 Å². The van der Waals surface area contributed by atoms with E-state index in [0.29, 0.717) is 0 Å². The lowest BCUT2D eigenvalue weighted by atomic mass is 9.68. The predicted molar refractivity (Wildman–Crippen MR) is 117 cm³/mol. The molecule has 0 N–H and O–H groups in total. The second kappa shape index (κ2) is 11.2. The molecule has 0 unspecified atom stereocenters. The Morgan fingerprint density at radius 3 is 1.89 bits per heavy atom. The maximum atomic E-state index is 4.70. The van der Waals surface area contributed by atoms with Crippen molar-refractivity contribution in [3.05, 3.63) is 29.6 Å². The smallest absolute Gasteiger partial charge is 0.0403 e. The molecule has 1 aromatic rings. The van der Waals surface area contributed by atoms with Crippen LogP contribution in [-0.4, -0.2) is 4.98 Å². The van der Waals surface area contributed by atoms with E-state index >= 15 is 0 Å². The molecule has 2 saturated carbocycles. The molecular weight excluding hydrogens is 326 g/mol. The second-order valence-electron chi connectivity index (χ2n) is 9.65. The van der Waals surface area contributed by atoms with Gasteiger partial charge in [0, 0.05) is 11.9 Å². The van der Waals surface area contributed by atoms with Gasteiger partial charge in [-0.15, -0.1) is 0 Å². The Morgan fingerprint density at radius 1 is 0.741 bits per heavy atom. The van der Waals surface area contributed by atoms with Crippen LogP contribution in [0, 0.1) is 23.7 Å². The first-order chi connectivity index (χ1) is 13.3. The summed E-state index contributed by atoms with van der Waals surface area (Å²) in [5.74, 6) is 4.14. The number of nitrogens with zero attached hydrogens (tertiary/aromatic N) is 1. The van der Waals surface area contributed by atoms with Crippen molar-refractivity contribution in [1.29, 1.82) is 0 Å². The van der Waals surface area contributed by atoms with Gasteiger partial charge in [-0.2, -0.15) is 0 Å². The van der Waals surface area contributed by atoms with Crippen molar-refractivity contribution in [2.24, 2.45) is 23.7 Å². The first-order valence-corrected chi connectivity index (χ1v) is 12.2. The molecule has 1 heteroatoms. The molecule has 27 heavy (non-hydrogen) atoms. The Balaban J connectivity index is 1.33. The van der Waals surface area contributed by atoms with Crippen LogP contribution in [0.25, 0.3) is 0 Å². The van der Waals surface area contributed by atoms with Gasteiger partial charge in [0.25, 0.3) is 0 Å². The molecule has 1 aromatic heterocycles. The Morgan fingerprint density at radius 2 is 1.37 bits per heavy atom. The van der Waals surface area contributed by atoms with E-state index in [4.69, 9.17) is 4.98 Å². The fraction of sp³-hybridized carbons (Fsp3) is 0.808. The summed E-state index contributed by atoms with van der Waals surface area (Å²) in [6, 6.07) is 4.56. The van der Waals surface area contributed by atoms with E-state index in [9.17, 15) is 0 Å². The van der Waals surface area contributed by atoms with Crippen molar-refractivity contribution in [3.63, 3.8) is 0 Å². The molecule has 0 radical (unpaired) electrons. The normalized spacial score (nSPS) is 29.0. The summed E-state index contributed by atoms with van der Waals surface area (Å²) in [6.45, 7) is 4.57. The Bertz CT molecular complexity index is 504. The van der Waals surface area contributed by atoms with Gasteiger partial charge in [-0.05, 0) is 80.2 Å². The number of aryl methyl sites for hydroxylation is 2. The molecule has 0 aliphatic heterocycles. The second-order valence-corrected chi connectivity index (χ2v) is 9.65. The van der Waals surface area contributed by atoms with E-state index in [1.807, 2.05) is 0 Å². The zero-order chi connectivity index (χ0) is 18.9. The summed E-state index contributed by atoms with van der Waals surface area (Å²) in [4.78, 5) is 4.70. The SMILES string of the molecule is CCCCC1CCC(C2CCC(CCc3ccc(CCC)cn3)CC2)CC1. The Kier molecular flexibility index (Phi) is 8.68. The highest BCUT2D eigenvalue weighted by molar-refractivity contribution is 5.14. The average Bonchev–Trinajstić information content (AvgIpc) is 2.73. The van der Waals surface area contributed by atoms with Crippen molar-refractivity contribution in [3.8, 4) is 0 Å². The van der Waals surface area contributed by atoms with Gasteiger partial charge in [-0.3, -0.25) is 4.98 Å². The number of unbranched alkanes of at least 4 members (excludes halogenated alkanes) is 1. The van der Waals surface area contributed by atoms with E-state index in [1.54, 1.807) is 0 Å². The van der Waals surface area contributed by atoms with Crippen LogP contribution in [0.5, 0.6) is 0 Å². The molecule has 2 aliphatic rings. The molecule has 0 aromatic carbocycles. The summed E-state index contributed by atoms with van der Waals surface area (Å²) >= 11 is 0. The lowest BCUT2D eigenvalue weighted by molar-refractivity contribution is 0.140. The molecule has 0 saturated heterocycles. The maximum absolute atomic E-state index is 4.70. The molecule has 2 fully saturated rings. The van der Waals surface area contributed by atoms with Gasteiger partial charge in [-0.25, -0.2) is 0 Å². The number of aromatic nitrogens is 1. The summed E-state index contributed by atoms with van der Waals surface area (Å²) in [6.07, 6.45) is 23.5. The molecule has 0 amide bonds. The third kappa shape index (κ3) is 6.61. The van der Waals surface area contributed by atoms with Gasteiger partial charge in [0.2, 0.25) is 0 Å². The molecule has 152 valence electrons. The van der Waals surface area contributed by atoms with Crippen LogP contribution in [0.3, 0.4) is 0 Å². The fourth-order valence-corrected chi connectivity index (χ4v) is 5.78. The zero-order valence-electron chi connectivity index (χ0n) is 18.1. The molecule has 2 aliphatic carbocycles. The molecular formula is C26H43N. The number of hydrogen-bond donors (Lipinski definition) is 0. The molecule has 1 nitrogen and oxygen atoms in total. The van der Waals surface area contributed by atoms with Crippen molar-refractivity contribution in [1.82, 2.24) is 4.98 Å². The molecule has 0 atom stereocenters. The van der Waals surface area contributed by atoms with Gasteiger partial charge >= 0.3 is 0 Å². The lowest BCUT2D eigenvalue weighted by Crippen LogP contribution is -2.26. The summed E-state index contributed by atoms with van der Waals surface area (Å²) in [5, 5.41) is 0. The van der Waals surface area contributed by atoms with Crippen LogP contribution < -0.4 is 0 Å². The number of rotatable bonds is 9. The van der Waals surface area contributed by atoms with E-state index < -0.39 is 0 Å². The number of pyridine rings is 1. The van der Waals surface area contributed by atoms with Crippen LogP contribution in [-0.2, 0) is 12.8 Å². The lowest BCUT2D eigenvalue weighted by Gasteiger charge is -2.38. The third-order valence-electron chi connectivity index (χ3n) is 7.65. The van der Waals surface area contributed by atoms with Gasteiger partial charge in [-0.1, -0.05) is 71.3 Å². The van der Waals surface area contributed by atoms with Gasteiger partial charge in [0.1, 0.15) is 0 Å². The Labute approximate surface area is 168 Å². The first kappa shape index (κ1) is 20.9. The van der Waals surface area contributed by atoms with Crippen molar-refractivity contribution >= 4 is 0 Å². The van der Waals surface area contributed by atoms with Crippen molar-refractivity contribution < 1.29 is 0 Å². The largest absolute Gasteiger partial charge is 0.261 e. The van der Waals surface area contributed by atoms with E-state index in [1.165, 1.54) is 101 Å². The van der Waals surface area contributed by atoms with Crippen LogP contribution >= 0.6 is 0 Å². The summed E-state index contributed by atoms with van der Waals surface area (Å²) in [5.41, 5.74) is 2.70. The van der Waals surface area contributed by atoms with Crippen LogP contribution in [0.15, 0.2) is 18.3 Å². The van der Waals surface area contributed by atoms with E-state index in [0.717, 1.165) is 30.1 Å². The fourth-order valence-electron chi connectivity index (χ4n) is 5.78.